The molecule has 0 aliphatic heterocycles. The lowest BCUT2D eigenvalue weighted by Gasteiger charge is -2.46. The molecule has 0 unspecified atom stereocenters. The van der Waals surface area contributed by atoms with Crippen LogP contribution in [0.5, 0.6) is 0 Å². The van der Waals surface area contributed by atoms with E-state index in [-0.39, 0.29) is 11.5 Å². The maximum atomic E-state index is 11.0. The average molecular weight is 232 g/mol. The summed E-state index contributed by atoms with van der Waals surface area (Å²) in [4.78, 5) is 11.0. The second-order valence-electron chi connectivity index (χ2n) is 5.27. The van der Waals surface area contributed by atoms with E-state index < -0.39 is 0 Å². The van der Waals surface area contributed by atoms with Crippen LogP contribution in [0.15, 0.2) is 30.3 Å². The van der Waals surface area contributed by atoms with Crippen molar-refractivity contribution < 1.29 is 9.53 Å². The fraction of sp³-hybridized carbons (Fsp3) is 0.533. The molecule has 1 aromatic carbocycles. The van der Waals surface area contributed by atoms with Crippen molar-refractivity contribution in [1.29, 1.82) is 0 Å². The zero-order chi connectivity index (χ0) is 12.3. The number of carbonyl (C=O) groups is 1. The average Bonchev–Trinajstić information content (AvgIpc) is 2.35. The molecule has 2 rings (SSSR count). The summed E-state index contributed by atoms with van der Waals surface area (Å²) in [5, 5.41) is 0. The Morgan fingerprint density at radius 1 is 1.47 bits per heavy atom. The van der Waals surface area contributed by atoms with Crippen LogP contribution in [0.1, 0.15) is 32.3 Å². The molecule has 1 aliphatic carbocycles. The van der Waals surface area contributed by atoms with Crippen molar-refractivity contribution >= 4 is 6.29 Å². The summed E-state index contributed by atoms with van der Waals surface area (Å²) in [5.74, 6) is 0.378. The number of ether oxygens (including phenoxy) is 1. The third kappa shape index (κ3) is 2.58. The van der Waals surface area contributed by atoms with Gasteiger partial charge in [-0.25, -0.2) is 0 Å². The second kappa shape index (κ2) is 5.01. The van der Waals surface area contributed by atoms with Gasteiger partial charge in [-0.3, -0.25) is 0 Å². The van der Waals surface area contributed by atoms with E-state index in [9.17, 15) is 4.79 Å². The first kappa shape index (κ1) is 12.3. The van der Waals surface area contributed by atoms with Gasteiger partial charge in [-0.2, -0.15) is 0 Å². The minimum atomic E-state index is -0.157. The van der Waals surface area contributed by atoms with E-state index in [1.165, 1.54) is 5.56 Å². The number of hydrogen-bond acceptors (Lipinski definition) is 2. The van der Waals surface area contributed by atoms with Crippen LogP contribution in [0.3, 0.4) is 0 Å². The molecule has 0 spiro atoms. The summed E-state index contributed by atoms with van der Waals surface area (Å²) < 4.78 is 5.87. The molecule has 3 atom stereocenters. The molecule has 1 fully saturated rings. The van der Waals surface area contributed by atoms with Crippen molar-refractivity contribution in [2.75, 3.05) is 0 Å². The Bertz CT molecular complexity index is 374. The fourth-order valence-corrected chi connectivity index (χ4v) is 2.60. The van der Waals surface area contributed by atoms with Crippen LogP contribution >= 0.6 is 0 Å². The maximum absolute atomic E-state index is 11.0. The van der Waals surface area contributed by atoms with E-state index in [2.05, 4.69) is 19.1 Å². The Morgan fingerprint density at radius 3 is 2.71 bits per heavy atom. The Balaban J connectivity index is 1.86. The molecule has 0 amide bonds. The molecular formula is C15H20O2. The summed E-state index contributed by atoms with van der Waals surface area (Å²) >= 11 is 0. The highest BCUT2D eigenvalue weighted by atomic mass is 16.5. The molecule has 1 aliphatic rings. The van der Waals surface area contributed by atoms with E-state index in [4.69, 9.17) is 4.74 Å². The highest BCUT2D eigenvalue weighted by Gasteiger charge is 2.45. The van der Waals surface area contributed by atoms with Gasteiger partial charge in [0.1, 0.15) is 6.29 Å². The second-order valence-corrected chi connectivity index (χ2v) is 5.27. The summed E-state index contributed by atoms with van der Waals surface area (Å²) in [6.07, 6.45) is 3.36. The van der Waals surface area contributed by atoms with Gasteiger partial charge in [-0.15, -0.1) is 0 Å². The summed E-state index contributed by atoms with van der Waals surface area (Å²) in [5.41, 5.74) is 1.03. The molecule has 1 aromatic rings. The van der Waals surface area contributed by atoms with E-state index in [1.807, 2.05) is 25.1 Å². The van der Waals surface area contributed by atoms with Crippen molar-refractivity contribution in [2.24, 2.45) is 11.3 Å². The maximum Gasteiger partial charge on any atom is 0.126 e. The third-order valence-corrected chi connectivity index (χ3v) is 4.03. The van der Waals surface area contributed by atoms with Crippen LogP contribution in [-0.2, 0) is 16.1 Å². The zero-order valence-electron chi connectivity index (χ0n) is 10.6. The SMILES string of the molecule is C[C@@H](OCc1ccccc1)[C@H]1CC[C@]1(C)C=O. The van der Waals surface area contributed by atoms with Gasteiger partial charge in [-0.05, 0) is 31.2 Å². The van der Waals surface area contributed by atoms with Crippen LogP contribution in [0.2, 0.25) is 0 Å². The third-order valence-electron chi connectivity index (χ3n) is 4.03. The zero-order valence-corrected chi connectivity index (χ0v) is 10.6. The summed E-state index contributed by atoms with van der Waals surface area (Å²) in [6, 6.07) is 10.2. The number of aldehydes is 1. The molecule has 17 heavy (non-hydrogen) atoms. The fourth-order valence-electron chi connectivity index (χ4n) is 2.60. The Morgan fingerprint density at radius 2 is 2.18 bits per heavy atom. The van der Waals surface area contributed by atoms with Crippen LogP contribution in [-0.4, -0.2) is 12.4 Å². The van der Waals surface area contributed by atoms with Gasteiger partial charge >= 0.3 is 0 Å². The molecule has 92 valence electrons. The molecule has 1 saturated carbocycles. The molecule has 2 nitrogen and oxygen atoms in total. The van der Waals surface area contributed by atoms with E-state index in [0.29, 0.717) is 12.5 Å². The quantitative estimate of drug-likeness (QED) is 0.729. The summed E-state index contributed by atoms with van der Waals surface area (Å²) in [6.45, 7) is 4.75. The minimum Gasteiger partial charge on any atom is -0.374 e. The molecule has 0 bridgehead atoms. The van der Waals surface area contributed by atoms with Gasteiger partial charge in [0, 0.05) is 5.41 Å². The van der Waals surface area contributed by atoms with Crippen LogP contribution in [0.25, 0.3) is 0 Å². The largest absolute Gasteiger partial charge is 0.374 e. The first-order chi connectivity index (χ1) is 8.15. The Kier molecular flexibility index (Phi) is 3.63. The van der Waals surface area contributed by atoms with Crippen molar-refractivity contribution in [2.45, 2.75) is 39.4 Å². The molecular weight excluding hydrogens is 212 g/mol. The monoisotopic (exact) mass is 232 g/mol. The van der Waals surface area contributed by atoms with Gasteiger partial charge in [-0.1, -0.05) is 37.3 Å². The molecule has 0 aromatic heterocycles. The Labute approximate surface area is 103 Å². The van der Waals surface area contributed by atoms with Gasteiger partial charge < -0.3 is 9.53 Å². The van der Waals surface area contributed by atoms with E-state index in [0.717, 1.165) is 19.1 Å². The van der Waals surface area contributed by atoms with Crippen LogP contribution in [0.4, 0.5) is 0 Å². The topological polar surface area (TPSA) is 26.3 Å². The predicted octanol–water partition coefficient (Wildman–Crippen LogP) is 3.21. The number of carbonyl (C=O) groups excluding carboxylic acids is 1. The van der Waals surface area contributed by atoms with Gasteiger partial charge in [0.2, 0.25) is 0 Å². The van der Waals surface area contributed by atoms with Crippen LogP contribution < -0.4 is 0 Å². The molecule has 0 saturated heterocycles. The first-order valence-corrected chi connectivity index (χ1v) is 6.27. The summed E-state index contributed by atoms with van der Waals surface area (Å²) in [7, 11) is 0. The van der Waals surface area contributed by atoms with Crippen molar-refractivity contribution in [3.8, 4) is 0 Å². The number of rotatable bonds is 5. The normalized spacial score (nSPS) is 29.4. The predicted molar refractivity (Wildman–Crippen MR) is 67.6 cm³/mol. The van der Waals surface area contributed by atoms with E-state index >= 15 is 0 Å². The molecule has 0 heterocycles. The van der Waals surface area contributed by atoms with E-state index in [1.54, 1.807) is 0 Å². The van der Waals surface area contributed by atoms with Gasteiger partial charge in [0.05, 0.1) is 12.7 Å². The van der Waals surface area contributed by atoms with Crippen molar-refractivity contribution in [1.82, 2.24) is 0 Å². The number of benzene rings is 1. The minimum absolute atomic E-state index is 0.152. The van der Waals surface area contributed by atoms with Crippen LogP contribution in [0, 0.1) is 11.3 Å². The van der Waals surface area contributed by atoms with Crippen molar-refractivity contribution in [3.63, 3.8) is 0 Å². The lowest BCUT2D eigenvalue weighted by atomic mass is 9.60. The Hall–Kier alpha value is -1.15. The lowest BCUT2D eigenvalue weighted by molar-refractivity contribution is -0.134. The molecule has 2 heteroatoms. The molecule has 0 radical (unpaired) electrons. The van der Waals surface area contributed by atoms with Crippen molar-refractivity contribution in [3.05, 3.63) is 35.9 Å². The number of hydrogen-bond donors (Lipinski definition) is 0. The smallest absolute Gasteiger partial charge is 0.126 e. The molecule has 0 N–H and O–H groups in total. The lowest BCUT2D eigenvalue weighted by Crippen LogP contribution is -2.45. The highest BCUT2D eigenvalue weighted by molar-refractivity contribution is 5.61. The first-order valence-electron chi connectivity index (χ1n) is 6.27. The van der Waals surface area contributed by atoms with Gasteiger partial charge in [0.25, 0.3) is 0 Å². The van der Waals surface area contributed by atoms with Gasteiger partial charge in [0.15, 0.2) is 0 Å². The highest BCUT2D eigenvalue weighted by Crippen LogP contribution is 2.47. The standard InChI is InChI=1S/C15H20O2/c1-12(14-8-9-15(14,2)11-16)17-10-13-6-4-3-5-7-13/h3-7,11-12,14H,8-10H2,1-2H3/t12-,14-,15-/m1/s1.